The zero-order chi connectivity index (χ0) is 15.1. The summed E-state index contributed by atoms with van der Waals surface area (Å²) in [5.74, 6) is -0.0911. The first kappa shape index (κ1) is 19.4. The number of hydrogen-bond donors (Lipinski definition) is 1. The smallest absolute Gasteiger partial charge is 0.305 e. The highest BCUT2D eigenvalue weighted by molar-refractivity contribution is 5.68. The minimum atomic E-state index is -0.0911. The minimum Gasteiger partial charge on any atom is -0.469 e. The van der Waals surface area contributed by atoms with Crippen LogP contribution in [0.3, 0.4) is 0 Å². The Kier molecular flexibility index (Phi) is 14.4. The van der Waals surface area contributed by atoms with Crippen molar-refractivity contribution >= 4 is 5.97 Å². The third-order valence-corrected chi connectivity index (χ3v) is 3.79. The second-order valence-electron chi connectivity index (χ2n) is 5.74. The molecule has 0 aliphatic rings. The Bertz CT molecular complexity index is 216. The molecule has 0 unspecified atom stereocenters. The number of aliphatic hydroxyl groups excluding tert-OH is 1. The normalized spacial score (nSPS) is 12.3. The van der Waals surface area contributed by atoms with Gasteiger partial charge in [0, 0.05) is 6.42 Å². The number of carbonyl (C=O) groups is 1. The van der Waals surface area contributed by atoms with Gasteiger partial charge < -0.3 is 9.84 Å². The molecule has 0 bridgehead atoms. The number of esters is 1. The summed E-state index contributed by atoms with van der Waals surface area (Å²) in [5, 5.41) is 9.71. The van der Waals surface area contributed by atoms with Crippen molar-refractivity contribution < 1.29 is 14.6 Å². The molecule has 0 aromatic rings. The lowest BCUT2D eigenvalue weighted by atomic mass is 10.0. The number of hydrogen-bond acceptors (Lipinski definition) is 3. The van der Waals surface area contributed by atoms with Crippen molar-refractivity contribution in [3.63, 3.8) is 0 Å². The van der Waals surface area contributed by atoms with Gasteiger partial charge in [0.2, 0.25) is 0 Å². The van der Waals surface area contributed by atoms with Gasteiger partial charge in [-0.05, 0) is 19.3 Å². The van der Waals surface area contributed by atoms with Crippen LogP contribution in [0.1, 0.15) is 90.4 Å². The van der Waals surface area contributed by atoms with Crippen molar-refractivity contribution in [2.24, 2.45) is 0 Å². The van der Waals surface area contributed by atoms with Crippen LogP contribution < -0.4 is 0 Å². The molecule has 3 heteroatoms. The monoisotopic (exact) mass is 286 g/mol. The molecule has 0 amide bonds. The number of carbonyl (C=O) groups excluding carboxylic acids is 1. The van der Waals surface area contributed by atoms with Gasteiger partial charge in [-0.2, -0.15) is 0 Å². The molecule has 0 spiro atoms. The van der Waals surface area contributed by atoms with Crippen LogP contribution in [0.2, 0.25) is 0 Å². The van der Waals surface area contributed by atoms with E-state index in [2.05, 4.69) is 11.7 Å². The summed E-state index contributed by atoms with van der Waals surface area (Å²) in [5.41, 5.74) is 0. The van der Waals surface area contributed by atoms with Gasteiger partial charge in [0.25, 0.3) is 0 Å². The molecule has 20 heavy (non-hydrogen) atoms. The van der Waals surface area contributed by atoms with Crippen molar-refractivity contribution in [2.45, 2.75) is 96.5 Å². The largest absolute Gasteiger partial charge is 0.469 e. The maximum atomic E-state index is 10.9. The van der Waals surface area contributed by atoms with Gasteiger partial charge in [0.05, 0.1) is 13.2 Å². The van der Waals surface area contributed by atoms with Crippen molar-refractivity contribution in [3.05, 3.63) is 0 Å². The standard InChI is InChI=1S/C17H34O3/c1-3-4-13-16(18)14-11-9-7-5-6-8-10-12-15-17(19)20-2/h16,18H,3-15H2,1-2H3/t16-/m1/s1. The molecular formula is C17H34O3. The molecule has 0 radical (unpaired) electrons. The van der Waals surface area contributed by atoms with Crippen LogP contribution in [0.25, 0.3) is 0 Å². The molecule has 0 heterocycles. The number of ether oxygens (including phenoxy) is 1. The Balaban J connectivity index is 3.11. The van der Waals surface area contributed by atoms with Gasteiger partial charge in [0.15, 0.2) is 0 Å². The van der Waals surface area contributed by atoms with E-state index in [1.165, 1.54) is 45.6 Å². The second kappa shape index (κ2) is 14.8. The highest BCUT2D eigenvalue weighted by Crippen LogP contribution is 2.13. The lowest BCUT2D eigenvalue weighted by molar-refractivity contribution is -0.140. The van der Waals surface area contributed by atoms with E-state index in [4.69, 9.17) is 0 Å². The van der Waals surface area contributed by atoms with Crippen molar-refractivity contribution in [1.82, 2.24) is 0 Å². The fourth-order valence-corrected chi connectivity index (χ4v) is 2.40. The van der Waals surface area contributed by atoms with Crippen LogP contribution in [0.15, 0.2) is 0 Å². The van der Waals surface area contributed by atoms with E-state index in [-0.39, 0.29) is 12.1 Å². The SMILES string of the molecule is CCCC[C@@H](O)CCCCCCCCCCC(=O)OC. The van der Waals surface area contributed by atoms with E-state index < -0.39 is 0 Å². The Labute approximate surface area is 125 Å². The molecule has 1 N–H and O–H groups in total. The molecule has 0 aromatic carbocycles. The van der Waals surface area contributed by atoms with Crippen molar-refractivity contribution in [3.8, 4) is 0 Å². The van der Waals surface area contributed by atoms with E-state index in [9.17, 15) is 9.90 Å². The topological polar surface area (TPSA) is 46.5 Å². The minimum absolute atomic E-state index is 0.0757. The first-order valence-electron chi connectivity index (χ1n) is 8.45. The zero-order valence-electron chi connectivity index (χ0n) is 13.5. The van der Waals surface area contributed by atoms with Gasteiger partial charge in [-0.15, -0.1) is 0 Å². The Morgan fingerprint density at radius 2 is 1.40 bits per heavy atom. The van der Waals surface area contributed by atoms with E-state index >= 15 is 0 Å². The van der Waals surface area contributed by atoms with Crippen LogP contribution in [-0.2, 0) is 9.53 Å². The summed E-state index contributed by atoms with van der Waals surface area (Å²) in [6, 6.07) is 0. The number of rotatable bonds is 14. The molecule has 0 aliphatic heterocycles. The third-order valence-electron chi connectivity index (χ3n) is 3.79. The molecule has 0 aromatic heterocycles. The van der Waals surface area contributed by atoms with Gasteiger partial charge in [0.1, 0.15) is 0 Å². The van der Waals surface area contributed by atoms with Crippen molar-refractivity contribution in [2.75, 3.05) is 7.11 Å². The van der Waals surface area contributed by atoms with Gasteiger partial charge in [-0.1, -0.05) is 64.7 Å². The third kappa shape index (κ3) is 13.9. The maximum absolute atomic E-state index is 10.9. The molecule has 0 saturated heterocycles. The van der Waals surface area contributed by atoms with Gasteiger partial charge in [-0.3, -0.25) is 4.79 Å². The molecule has 3 nitrogen and oxygen atoms in total. The van der Waals surface area contributed by atoms with Crippen LogP contribution in [0, 0.1) is 0 Å². The second-order valence-corrected chi connectivity index (χ2v) is 5.74. The van der Waals surface area contributed by atoms with Gasteiger partial charge >= 0.3 is 5.97 Å². The average Bonchev–Trinajstić information content (AvgIpc) is 2.46. The lowest BCUT2D eigenvalue weighted by Gasteiger charge is -2.09. The summed E-state index contributed by atoms with van der Waals surface area (Å²) in [6.45, 7) is 2.16. The molecule has 120 valence electrons. The fourth-order valence-electron chi connectivity index (χ4n) is 2.40. The number of unbranched alkanes of at least 4 members (excludes halogenated alkanes) is 8. The zero-order valence-corrected chi connectivity index (χ0v) is 13.5. The Morgan fingerprint density at radius 3 is 1.95 bits per heavy atom. The molecule has 0 aliphatic carbocycles. The molecule has 0 saturated carbocycles. The molecule has 1 atom stereocenters. The summed E-state index contributed by atoms with van der Waals surface area (Å²) in [4.78, 5) is 10.9. The summed E-state index contributed by atoms with van der Waals surface area (Å²) >= 11 is 0. The van der Waals surface area contributed by atoms with E-state index in [0.717, 1.165) is 38.5 Å². The maximum Gasteiger partial charge on any atom is 0.305 e. The van der Waals surface area contributed by atoms with Crippen molar-refractivity contribution in [1.29, 1.82) is 0 Å². The lowest BCUT2D eigenvalue weighted by Crippen LogP contribution is -2.05. The quantitative estimate of drug-likeness (QED) is 0.374. The van der Waals surface area contributed by atoms with Crippen LogP contribution in [-0.4, -0.2) is 24.3 Å². The predicted octanol–water partition coefficient (Wildman–Crippen LogP) is 4.61. The molecule has 0 fully saturated rings. The summed E-state index contributed by atoms with van der Waals surface area (Å²) in [7, 11) is 1.45. The molecule has 0 rings (SSSR count). The first-order valence-corrected chi connectivity index (χ1v) is 8.45. The van der Waals surface area contributed by atoms with Crippen LogP contribution in [0.5, 0.6) is 0 Å². The Hall–Kier alpha value is -0.570. The van der Waals surface area contributed by atoms with Crippen LogP contribution in [0.4, 0.5) is 0 Å². The highest BCUT2D eigenvalue weighted by atomic mass is 16.5. The Morgan fingerprint density at radius 1 is 0.900 bits per heavy atom. The van der Waals surface area contributed by atoms with E-state index in [1.54, 1.807) is 0 Å². The van der Waals surface area contributed by atoms with Crippen LogP contribution >= 0.6 is 0 Å². The average molecular weight is 286 g/mol. The predicted molar refractivity (Wildman–Crippen MR) is 83.7 cm³/mol. The number of methoxy groups -OCH3 is 1. The highest BCUT2D eigenvalue weighted by Gasteiger charge is 2.02. The van der Waals surface area contributed by atoms with Gasteiger partial charge in [-0.25, -0.2) is 0 Å². The van der Waals surface area contributed by atoms with E-state index in [0.29, 0.717) is 6.42 Å². The summed E-state index contributed by atoms with van der Waals surface area (Å²) in [6.07, 6.45) is 14.3. The molecular weight excluding hydrogens is 252 g/mol. The first-order chi connectivity index (χ1) is 9.70. The summed E-state index contributed by atoms with van der Waals surface area (Å²) < 4.78 is 4.61. The number of aliphatic hydroxyl groups is 1. The fraction of sp³-hybridized carbons (Fsp3) is 0.941. The van der Waals surface area contributed by atoms with E-state index in [1.807, 2.05) is 0 Å².